The van der Waals surface area contributed by atoms with Crippen molar-refractivity contribution in [1.29, 1.82) is 0 Å². The number of aromatic nitrogens is 1. The van der Waals surface area contributed by atoms with Crippen LogP contribution in [0.3, 0.4) is 0 Å². The van der Waals surface area contributed by atoms with Gasteiger partial charge in [-0.25, -0.2) is 4.39 Å². The molecule has 2 aromatic carbocycles. The van der Waals surface area contributed by atoms with Gasteiger partial charge in [0.15, 0.2) is 5.69 Å². The minimum Gasteiger partial charge on any atom is -0.618 e. The first kappa shape index (κ1) is 29.3. The lowest BCUT2D eigenvalue weighted by Crippen LogP contribution is -2.44. The summed E-state index contributed by atoms with van der Waals surface area (Å²) in [7, 11) is 0. The molecule has 1 heterocycles. The van der Waals surface area contributed by atoms with Crippen LogP contribution in [-0.4, -0.2) is 12.0 Å². The zero-order valence-corrected chi connectivity index (χ0v) is 21.4. The molecule has 0 bridgehead atoms. The van der Waals surface area contributed by atoms with Crippen molar-refractivity contribution in [2.75, 3.05) is 0 Å². The highest BCUT2D eigenvalue weighted by atomic mass is 19.4. The maximum Gasteiger partial charge on any atom is 0.416 e. The summed E-state index contributed by atoms with van der Waals surface area (Å²) in [5.41, 5.74) is -1.47. The molecule has 1 aliphatic carbocycles. The zero-order chi connectivity index (χ0) is 29.4. The number of rotatable bonds is 6. The number of carbonyl (C=O) groups is 1. The maximum absolute atomic E-state index is 13.7. The molecule has 0 spiro atoms. The first-order valence-corrected chi connectivity index (χ1v) is 12.3. The third-order valence-corrected chi connectivity index (χ3v) is 6.87. The standard InChI is InChI=1S/C28H25F7N2O3/c1-15(18-11-19(27(30,31)32)13-20(12-18)28(33,34)35)40-25-10-9-24-23(26(25)17-3-5-21(29)6-4-17)8-7-22(37(24)39)14-36-16(2)38/h3-8,11-13,15,25-26H,9-10,14H2,1-2H3,(H,36,38)/t15-,25+,26+/m1/s1. The van der Waals surface area contributed by atoms with Crippen LogP contribution in [0.15, 0.2) is 54.6 Å². The molecule has 0 saturated heterocycles. The van der Waals surface area contributed by atoms with Crippen molar-refractivity contribution < 1.29 is 45.0 Å². The van der Waals surface area contributed by atoms with Gasteiger partial charge < -0.3 is 15.3 Å². The summed E-state index contributed by atoms with van der Waals surface area (Å²) in [6, 6.07) is 9.90. The highest BCUT2D eigenvalue weighted by Gasteiger charge is 2.40. The predicted octanol–water partition coefficient (Wildman–Crippen LogP) is 6.36. The Morgan fingerprint density at radius 3 is 2.17 bits per heavy atom. The predicted molar refractivity (Wildman–Crippen MR) is 129 cm³/mol. The Hall–Kier alpha value is -3.67. The summed E-state index contributed by atoms with van der Waals surface area (Å²) in [4.78, 5) is 11.3. The fourth-order valence-electron chi connectivity index (χ4n) is 4.93. The van der Waals surface area contributed by atoms with Gasteiger partial charge in [-0.2, -0.15) is 31.1 Å². The van der Waals surface area contributed by atoms with E-state index in [1.807, 2.05) is 0 Å². The minimum absolute atomic E-state index is 0.0125. The van der Waals surface area contributed by atoms with E-state index in [0.29, 0.717) is 33.7 Å². The Bertz CT molecular complexity index is 1360. The fourth-order valence-corrected chi connectivity index (χ4v) is 4.93. The van der Waals surface area contributed by atoms with Crippen LogP contribution in [0.1, 0.15) is 71.5 Å². The Morgan fingerprint density at radius 1 is 1.02 bits per heavy atom. The number of hydrogen-bond acceptors (Lipinski definition) is 3. The second-order valence-electron chi connectivity index (χ2n) is 9.65. The number of hydrogen-bond donors (Lipinski definition) is 1. The molecule has 5 nitrogen and oxygen atoms in total. The summed E-state index contributed by atoms with van der Waals surface area (Å²) < 4.78 is 101. The zero-order valence-electron chi connectivity index (χ0n) is 21.4. The molecule has 4 rings (SSSR count). The number of halogens is 7. The Balaban J connectivity index is 1.73. The van der Waals surface area contributed by atoms with Gasteiger partial charge >= 0.3 is 12.4 Å². The molecule has 1 aromatic heterocycles. The van der Waals surface area contributed by atoms with E-state index in [0.717, 1.165) is 0 Å². The monoisotopic (exact) mass is 570 g/mol. The molecule has 12 heteroatoms. The van der Waals surface area contributed by atoms with Crippen molar-refractivity contribution in [3.05, 3.63) is 105 Å². The average molecular weight is 571 g/mol. The quantitative estimate of drug-likeness (QED) is 0.213. The van der Waals surface area contributed by atoms with E-state index in [1.165, 1.54) is 44.2 Å². The summed E-state index contributed by atoms with van der Waals surface area (Å²) >= 11 is 0. The van der Waals surface area contributed by atoms with Crippen LogP contribution in [0, 0.1) is 11.0 Å². The molecule has 1 N–H and O–H groups in total. The van der Waals surface area contributed by atoms with Crippen LogP contribution in [0.2, 0.25) is 0 Å². The van der Waals surface area contributed by atoms with E-state index in [4.69, 9.17) is 4.74 Å². The molecule has 1 amide bonds. The van der Waals surface area contributed by atoms with Gasteiger partial charge in [0, 0.05) is 30.9 Å². The highest BCUT2D eigenvalue weighted by Crippen LogP contribution is 2.42. The molecular formula is C28H25F7N2O3. The number of fused-ring (bicyclic) bond motifs is 1. The molecule has 0 aliphatic heterocycles. The maximum atomic E-state index is 13.7. The van der Waals surface area contributed by atoms with Crippen molar-refractivity contribution in [1.82, 2.24) is 5.32 Å². The van der Waals surface area contributed by atoms with Gasteiger partial charge in [0.1, 0.15) is 12.4 Å². The lowest BCUT2D eigenvalue weighted by molar-refractivity contribution is -0.623. The van der Waals surface area contributed by atoms with Crippen molar-refractivity contribution in [3.63, 3.8) is 0 Å². The summed E-state index contributed by atoms with van der Waals surface area (Å²) in [5.74, 6) is -1.51. The molecule has 3 atom stereocenters. The van der Waals surface area contributed by atoms with Crippen molar-refractivity contribution in [3.8, 4) is 0 Å². The molecule has 1 aliphatic rings. The van der Waals surface area contributed by atoms with Crippen LogP contribution in [0.25, 0.3) is 0 Å². The van der Waals surface area contributed by atoms with E-state index in [2.05, 4.69) is 5.32 Å². The number of nitrogens with one attached hydrogen (secondary N) is 1. The topological polar surface area (TPSA) is 65.3 Å². The molecule has 0 unspecified atom stereocenters. The minimum atomic E-state index is -5.01. The van der Waals surface area contributed by atoms with Gasteiger partial charge in [-0.3, -0.25) is 4.79 Å². The van der Waals surface area contributed by atoms with Crippen molar-refractivity contribution >= 4 is 5.91 Å². The van der Waals surface area contributed by atoms with Gasteiger partial charge in [0.2, 0.25) is 11.6 Å². The number of ether oxygens (including phenoxy) is 1. The van der Waals surface area contributed by atoms with E-state index in [9.17, 15) is 40.7 Å². The molecular weight excluding hydrogens is 545 g/mol. The Labute approximate surface area is 225 Å². The largest absolute Gasteiger partial charge is 0.618 e. The smallest absolute Gasteiger partial charge is 0.416 e. The van der Waals surface area contributed by atoms with E-state index in [-0.39, 0.29) is 42.6 Å². The average Bonchev–Trinajstić information content (AvgIpc) is 2.87. The third-order valence-electron chi connectivity index (χ3n) is 6.87. The second kappa shape index (κ2) is 11.1. The molecule has 214 valence electrons. The van der Waals surface area contributed by atoms with Gasteiger partial charge in [-0.1, -0.05) is 12.1 Å². The van der Waals surface area contributed by atoms with Crippen LogP contribution in [0.5, 0.6) is 0 Å². The number of nitrogens with zero attached hydrogens (tertiary/aromatic N) is 1. The van der Waals surface area contributed by atoms with Crippen molar-refractivity contribution in [2.24, 2.45) is 0 Å². The molecule has 0 saturated carbocycles. The summed E-state index contributed by atoms with van der Waals surface area (Å²) in [5, 5.41) is 15.7. The second-order valence-corrected chi connectivity index (χ2v) is 9.65. The van der Waals surface area contributed by atoms with Gasteiger partial charge in [-0.05, 0) is 60.9 Å². The number of pyridine rings is 1. The fraction of sp³-hybridized carbons (Fsp3) is 0.357. The summed E-state index contributed by atoms with van der Waals surface area (Å²) in [6.45, 7) is 2.65. The Morgan fingerprint density at radius 2 is 1.62 bits per heavy atom. The number of amides is 1. The Kier molecular flexibility index (Phi) is 8.11. The van der Waals surface area contributed by atoms with Crippen LogP contribution in [-0.2, 0) is 34.8 Å². The first-order valence-electron chi connectivity index (χ1n) is 12.3. The highest BCUT2D eigenvalue weighted by molar-refractivity contribution is 5.72. The summed E-state index contributed by atoms with van der Waals surface area (Å²) in [6.07, 6.45) is -11.6. The molecule has 0 fully saturated rings. The van der Waals surface area contributed by atoms with Gasteiger partial charge in [0.05, 0.1) is 23.3 Å². The van der Waals surface area contributed by atoms with Crippen LogP contribution in [0.4, 0.5) is 30.7 Å². The third kappa shape index (κ3) is 6.38. The van der Waals surface area contributed by atoms with E-state index in [1.54, 1.807) is 6.07 Å². The molecule has 3 aromatic rings. The van der Waals surface area contributed by atoms with E-state index >= 15 is 0 Å². The molecule has 0 radical (unpaired) electrons. The first-order chi connectivity index (χ1) is 18.6. The van der Waals surface area contributed by atoms with Crippen LogP contribution >= 0.6 is 0 Å². The SMILES string of the molecule is CC(=O)NCc1ccc2c([n+]1[O-])CC[C@H](O[C@H](C)c1cc(C(F)(F)F)cc(C(F)(F)F)c1)[C@H]2c1ccc(F)cc1. The normalized spacial score (nSPS) is 18.2. The van der Waals surface area contributed by atoms with Gasteiger partial charge in [-0.15, -0.1) is 0 Å². The van der Waals surface area contributed by atoms with Crippen molar-refractivity contribution in [2.45, 2.75) is 63.7 Å². The lowest BCUT2D eigenvalue weighted by atomic mass is 9.78. The lowest BCUT2D eigenvalue weighted by Gasteiger charge is -2.35. The number of alkyl halides is 6. The number of benzene rings is 2. The van der Waals surface area contributed by atoms with E-state index < -0.39 is 47.4 Å². The number of carbonyl (C=O) groups excluding carboxylic acids is 1. The van der Waals surface area contributed by atoms with Gasteiger partial charge in [0.25, 0.3) is 0 Å². The van der Waals surface area contributed by atoms with Crippen LogP contribution < -0.4 is 10.0 Å². The molecule has 40 heavy (non-hydrogen) atoms.